The molecule has 0 aliphatic heterocycles. The summed E-state index contributed by atoms with van der Waals surface area (Å²) in [5.74, 6) is -3.86. The van der Waals surface area contributed by atoms with E-state index in [4.69, 9.17) is 23.4 Å². The first-order valence-corrected chi connectivity index (χ1v) is 26.6. The van der Waals surface area contributed by atoms with Crippen LogP contribution in [0.1, 0.15) is 80.4 Å². The van der Waals surface area contributed by atoms with Crippen LogP contribution in [-0.2, 0) is 0 Å². The van der Waals surface area contributed by atoms with Crippen molar-refractivity contribution in [3.8, 4) is 6.01 Å². The van der Waals surface area contributed by atoms with Gasteiger partial charge in [0, 0.05) is 43.4 Å². The van der Waals surface area contributed by atoms with Gasteiger partial charge >= 0.3 is 11.4 Å². The van der Waals surface area contributed by atoms with Crippen molar-refractivity contribution in [3.63, 3.8) is 0 Å². The lowest BCUT2D eigenvalue weighted by molar-refractivity contribution is -0.390. The van der Waals surface area contributed by atoms with Crippen LogP contribution >= 0.6 is 97.9 Å². The number of aromatic nitrogens is 6. The minimum Gasteiger partial charge on any atom is -0.468 e. The van der Waals surface area contributed by atoms with Crippen LogP contribution in [0.15, 0.2) is 83.3 Å². The number of nitro benzene ring substituents is 1. The molecule has 0 spiro atoms. The first-order valence-electron chi connectivity index (χ1n) is 22.2. The minimum absolute atomic E-state index is 0.0000463. The number of methoxy groups -OCH3 is 1. The maximum atomic E-state index is 13.7. The van der Waals surface area contributed by atoms with Crippen molar-refractivity contribution in [2.75, 3.05) is 23.1 Å². The molecule has 0 aliphatic rings. The summed E-state index contributed by atoms with van der Waals surface area (Å²) in [6.07, 6.45) is 0. The Bertz CT molecular complexity index is 3280. The molecule has 0 saturated heterocycles. The first-order chi connectivity index (χ1) is 34.5. The van der Waals surface area contributed by atoms with Crippen LogP contribution in [0.25, 0.3) is 33.1 Å². The number of ether oxygens (including phenoxy) is 1. The van der Waals surface area contributed by atoms with Gasteiger partial charge in [-0.1, -0.05) is 86.3 Å². The second kappa shape index (κ2) is 28.0. The van der Waals surface area contributed by atoms with Crippen molar-refractivity contribution in [1.82, 2.24) is 28.7 Å². The quantitative estimate of drug-likeness (QED) is 0.0354. The molecule has 3 aromatic heterocycles. The smallest absolute Gasteiger partial charge is 0.340 e. The summed E-state index contributed by atoms with van der Waals surface area (Å²) >= 11 is 20.4. The summed E-state index contributed by atoms with van der Waals surface area (Å²) in [4.78, 5) is 31.7. The van der Waals surface area contributed by atoms with E-state index in [1.54, 1.807) is 23.8 Å². The average molecular weight is 1410 g/mol. The average Bonchev–Trinajstić information content (AvgIpc) is 3.93. The molecule has 8 aromatic rings. The molecule has 0 fully saturated rings. The molecule has 73 heavy (non-hydrogen) atoms. The number of hydrogen-bond acceptors (Lipinski definition) is 8. The van der Waals surface area contributed by atoms with Crippen LogP contribution in [-0.4, -0.2) is 51.6 Å². The number of alkyl halides is 1. The first kappa shape index (κ1) is 61.2. The van der Waals surface area contributed by atoms with E-state index < -0.39 is 33.9 Å². The number of aromatic amines is 1. The number of fused-ring (bicyclic) bond motifs is 3. The molecular formula is C48H51Br4ClF6IN9O4. The van der Waals surface area contributed by atoms with Crippen molar-refractivity contribution < 1.29 is 37.4 Å². The van der Waals surface area contributed by atoms with Crippen molar-refractivity contribution in [2.24, 2.45) is 0 Å². The molecule has 0 aliphatic carbocycles. The van der Waals surface area contributed by atoms with Gasteiger partial charge in [0.2, 0.25) is 16.9 Å². The van der Waals surface area contributed by atoms with Crippen LogP contribution in [0.4, 0.5) is 43.4 Å². The van der Waals surface area contributed by atoms with E-state index in [0.29, 0.717) is 57.4 Å². The van der Waals surface area contributed by atoms with Crippen molar-refractivity contribution in [1.29, 1.82) is 0 Å². The highest BCUT2D eigenvalue weighted by Gasteiger charge is 2.22. The number of hydrogen-bond donors (Lipinski definition) is 3. The number of nitrogens with zero attached hydrogens (tertiary/aromatic N) is 6. The number of nitrogen functional groups attached to an aromatic ring is 1. The molecule has 396 valence electrons. The summed E-state index contributed by atoms with van der Waals surface area (Å²) in [6, 6.07) is 15.5. The Morgan fingerprint density at radius 3 is 1.66 bits per heavy atom. The summed E-state index contributed by atoms with van der Waals surface area (Å²) in [6.45, 7) is 17.6. The molecule has 4 N–H and O–H groups in total. The van der Waals surface area contributed by atoms with Crippen LogP contribution in [0.2, 0.25) is 5.28 Å². The number of anilines is 2. The molecule has 0 amide bonds. The van der Waals surface area contributed by atoms with Crippen LogP contribution in [0, 0.1) is 51.9 Å². The third kappa shape index (κ3) is 16.3. The van der Waals surface area contributed by atoms with Gasteiger partial charge in [0.25, 0.3) is 6.01 Å². The highest BCUT2D eigenvalue weighted by Crippen LogP contribution is 2.31. The number of rotatable bonds is 7. The van der Waals surface area contributed by atoms with E-state index in [1.807, 2.05) is 102 Å². The zero-order valence-electron chi connectivity index (χ0n) is 41.7. The predicted molar refractivity (Wildman–Crippen MR) is 303 cm³/mol. The van der Waals surface area contributed by atoms with Gasteiger partial charge in [-0.05, 0) is 145 Å². The molecule has 3 heterocycles. The summed E-state index contributed by atoms with van der Waals surface area (Å²) < 4.78 is 97.8. The molecule has 8 rings (SSSR count). The van der Waals surface area contributed by atoms with Gasteiger partial charge in [0.15, 0.2) is 11.6 Å². The van der Waals surface area contributed by atoms with E-state index >= 15 is 0 Å². The van der Waals surface area contributed by atoms with Gasteiger partial charge in [-0.2, -0.15) is 13.8 Å². The largest absolute Gasteiger partial charge is 0.468 e. The maximum absolute atomic E-state index is 13.7. The number of aryl methyl sites for hydroxylation is 1. The number of halogens is 12. The fourth-order valence-electron chi connectivity index (χ4n) is 6.88. The zero-order valence-corrected chi connectivity index (χ0v) is 50.0. The van der Waals surface area contributed by atoms with Crippen molar-refractivity contribution in [3.05, 3.63) is 145 Å². The normalized spacial score (nSPS) is 11.0. The number of imidazole rings is 3. The van der Waals surface area contributed by atoms with Gasteiger partial charge < -0.3 is 25.3 Å². The third-order valence-corrected chi connectivity index (χ3v) is 11.8. The van der Waals surface area contributed by atoms with E-state index in [0.717, 1.165) is 23.2 Å². The second-order valence-electron chi connectivity index (χ2n) is 16.6. The number of benzene rings is 5. The number of nitrogens with one attached hydrogen (secondary N) is 2. The molecule has 0 unspecified atom stereocenters. The van der Waals surface area contributed by atoms with E-state index in [9.17, 15) is 41.3 Å². The lowest BCUT2D eigenvalue weighted by Gasteiger charge is -2.13. The topological polar surface area (TPSA) is 164 Å². The molecule has 25 heteroatoms. The number of nitro groups is 1. The van der Waals surface area contributed by atoms with E-state index in [-0.39, 0.29) is 57.2 Å². The Labute approximate surface area is 470 Å². The Kier molecular flexibility index (Phi) is 23.4. The highest BCUT2D eigenvalue weighted by atomic mass is 127. The SMILES string of the molecule is CC(C)Nc1cc(Br)cc(F)c1N.CC(C)n1c(=O)[nH]c2c(F)cc(Br)cc21.CC(C)n1c(Cl)nc2c(F)cc(Br)cc21.COc1nc2c(F)cc(C)cc2n1C(C)C.O=[N+]([O-])c1c(F)cc(Br)cc1F.[2H]CI. The Morgan fingerprint density at radius 1 is 0.712 bits per heavy atom. The molecule has 13 nitrogen and oxygen atoms in total. The van der Waals surface area contributed by atoms with E-state index in [1.165, 1.54) is 28.8 Å². The second-order valence-corrected chi connectivity index (χ2v) is 20.6. The van der Waals surface area contributed by atoms with Gasteiger partial charge in [0.1, 0.15) is 28.2 Å². The molecule has 0 atom stereocenters. The van der Waals surface area contributed by atoms with Gasteiger partial charge in [-0.3, -0.25) is 19.2 Å². The van der Waals surface area contributed by atoms with Crippen molar-refractivity contribution in [2.45, 2.75) is 86.5 Å². The molecule has 0 radical (unpaired) electrons. The van der Waals surface area contributed by atoms with Crippen LogP contribution in [0.3, 0.4) is 0 Å². The summed E-state index contributed by atoms with van der Waals surface area (Å²) in [5.41, 5.74) is 8.83. The minimum atomic E-state index is -1.19. The number of nitrogens with two attached hydrogens (primary N) is 1. The lowest BCUT2D eigenvalue weighted by atomic mass is 10.2. The number of H-pyrrole nitrogens is 1. The van der Waals surface area contributed by atoms with E-state index in [2.05, 4.69) is 84.0 Å². The third-order valence-electron chi connectivity index (χ3n) is 9.71. The Hall–Kier alpha value is -4.37. The fraction of sp³-hybridized carbons (Fsp3) is 0.312. The van der Waals surface area contributed by atoms with Crippen LogP contribution in [0.5, 0.6) is 6.01 Å². The van der Waals surface area contributed by atoms with Gasteiger partial charge in [-0.25, -0.2) is 27.3 Å². The fourth-order valence-corrected chi connectivity index (χ4v) is 8.92. The summed E-state index contributed by atoms with van der Waals surface area (Å²) in [5, 5.41) is 13.4. The molecular weight excluding hydrogens is 1360 g/mol. The summed E-state index contributed by atoms with van der Waals surface area (Å²) in [7, 11) is 1.55. The highest BCUT2D eigenvalue weighted by molar-refractivity contribution is 14.1. The zero-order chi connectivity index (χ0) is 56.2. The van der Waals surface area contributed by atoms with Crippen LogP contribution < -0.4 is 21.5 Å². The predicted octanol–water partition coefficient (Wildman–Crippen LogP) is 16.7. The molecule has 5 aromatic carbocycles. The van der Waals surface area contributed by atoms with Gasteiger partial charge in [-0.15, -0.1) is 0 Å². The molecule has 0 saturated carbocycles. The molecule has 0 bridgehead atoms. The Balaban J connectivity index is 0.000000241. The lowest BCUT2D eigenvalue weighted by Crippen LogP contribution is -2.18. The standard InChI is InChI=1S/C12H15FN2O.C10H9BrClFN2.C10H10BrFN2O.C9H12BrFN2.C6H2BrF2NO2.CH3I/c1-7(2)15-10-6-8(3)5-9(13)11(10)14-12(15)16-4;1-5(2)15-8-4-6(11)3-7(13)9(8)14-10(15)12;1-5(2)14-8-4-6(11)3-7(12)9(8)13-10(14)15;1-5(2)13-8-4-6(10)3-7(11)9(8)12;7-3-1-4(8)6(10(11)12)5(9)2-3;1-2/h5-7H,1-4H3;3-5H,1-2H3;3-5H,1-2H3,(H,13,15);3-5,13H,12H2,1-2H3;1-2H;1H3/i;;;;;1D. The Morgan fingerprint density at radius 2 is 1.15 bits per heavy atom. The van der Waals surface area contributed by atoms with Gasteiger partial charge in [0.05, 0.1) is 40.0 Å². The van der Waals surface area contributed by atoms with Crippen molar-refractivity contribution >= 4 is 148 Å². The monoisotopic (exact) mass is 1410 g/mol. The maximum Gasteiger partial charge on any atom is 0.340 e.